The van der Waals surface area contributed by atoms with Gasteiger partial charge in [-0.05, 0) is 42.7 Å². The van der Waals surface area contributed by atoms with E-state index < -0.39 is 0 Å². The van der Waals surface area contributed by atoms with Crippen LogP contribution in [0.2, 0.25) is 0 Å². The molecule has 2 aliphatic carbocycles. The minimum Gasteiger partial charge on any atom is -0.461 e. The SMILES string of the molecule is C[C@@H]1CCC[C@]2(C)C[C@@H]3OC(=O)[C@@H](CN4CCN(c5ccc([N+](=O)[O-])cc5)CC4)[C@H]3C=C12. The monoisotopic (exact) mass is 439 g/mol. The van der Waals surface area contributed by atoms with E-state index >= 15 is 0 Å². The molecule has 172 valence electrons. The molecule has 4 aliphatic rings. The van der Waals surface area contributed by atoms with Crippen molar-refractivity contribution in [2.24, 2.45) is 23.2 Å². The molecule has 0 aromatic heterocycles. The van der Waals surface area contributed by atoms with Crippen molar-refractivity contribution in [1.82, 2.24) is 4.90 Å². The van der Waals surface area contributed by atoms with Gasteiger partial charge < -0.3 is 9.64 Å². The first-order chi connectivity index (χ1) is 15.3. The van der Waals surface area contributed by atoms with Crippen LogP contribution >= 0.6 is 0 Å². The Morgan fingerprint density at radius 3 is 2.59 bits per heavy atom. The Morgan fingerprint density at radius 1 is 1.19 bits per heavy atom. The number of non-ortho nitro benzene ring substituents is 1. The zero-order chi connectivity index (χ0) is 22.5. The number of nitro benzene ring substituents is 1. The molecule has 2 aliphatic heterocycles. The highest BCUT2D eigenvalue weighted by Crippen LogP contribution is 2.54. The quantitative estimate of drug-likeness (QED) is 0.305. The number of carbonyl (C=O) groups is 1. The van der Waals surface area contributed by atoms with E-state index in [2.05, 4.69) is 29.7 Å². The Labute approximate surface area is 189 Å². The lowest BCUT2D eigenvalue weighted by Crippen LogP contribution is -2.49. The molecule has 3 fully saturated rings. The van der Waals surface area contributed by atoms with E-state index in [0.29, 0.717) is 5.92 Å². The van der Waals surface area contributed by atoms with E-state index in [0.717, 1.165) is 44.8 Å². The largest absolute Gasteiger partial charge is 0.461 e. The van der Waals surface area contributed by atoms with Crippen molar-refractivity contribution in [3.05, 3.63) is 46.0 Å². The summed E-state index contributed by atoms with van der Waals surface area (Å²) in [6.07, 6.45) is 7.17. The van der Waals surface area contributed by atoms with Crippen LogP contribution in [-0.2, 0) is 9.53 Å². The van der Waals surface area contributed by atoms with Gasteiger partial charge in [-0.1, -0.05) is 31.9 Å². The molecule has 0 radical (unpaired) electrons. The molecule has 0 spiro atoms. The van der Waals surface area contributed by atoms with Crippen molar-refractivity contribution in [2.45, 2.75) is 45.6 Å². The number of nitrogens with zero attached hydrogens (tertiary/aromatic N) is 3. The van der Waals surface area contributed by atoms with Crippen LogP contribution < -0.4 is 4.90 Å². The van der Waals surface area contributed by atoms with Crippen molar-refractivity contribution in [3.8, 4) is 0 Å². The van der Waals surface area contributed by atoms with Crippen LogP contribution in [0, 0.1) is 33.3 Å². The Kier molecular flexibility index (Phi) is 5.48. The summed E-state index contributed by atoms with van der Waals surface area (Å²) < 4.78 is 5.91. The van der Waals surface area contributed by atoms with Crippen LogP contribution in [-0.4, -0.2) is 54.6 Å². The summed E-state index contributed by atoms with van der Waals surface area (Å²) in [6.45, 7) is 8.92. The molecular weight excluding hydrogens is 406 g/mol. The second-order valence-corrected chi connectivity index (χ2v) is 10.4. The lowest BCUT2D eigenvalue weighted by molar-refractivity contribution is -0.384. The summed E-state index contributed by atoms with van der Waals surface area (Å²) in [5, 5.41) is 10.9. The highest BCUT2D eigenvalue weighted by atomic mass is 16.6. The lowest BCUT2D eigenvalue weighted by atomic mass is 9.59. The van der Waals surface area contributed by atoms with E-state index in [1.54, 1.807) is 17.7 Å². The number of ether oxygens (including phenoxy) is 1. The molecule has 1 aromatic carbocycles. The molecule has 0 bridgehead atoms. The molecule has 7 heteroatoms. The number of anilines is 1. The number of carbonyl (C=O) groups excluding carboxylic acids is 1. The predicted molar refractivity (Wildman–Crippen MR) is 122 cm³/mol. The highest BCUT2D eigenvalue weighted by molar-refractivity contribution is 5.76. The number of rotatable bonds is 4. The van der Waals surface area contributed by atoms with Crippen molar-refractivity contribution < 1.29 is 14.5 Å². The van der Waals surface area contributed by atoms with Crippen molar-refractivity contribution >= 4 is 17.3 Å². The fourth-order valence-corrected chi connectivity index (χ4v) is 6.51. The molecule has 0 unspecified atom stereocenters. The summed E-state index contributed by atoms with van der Waals surface area (Å²) in [4.78, 5) is 28.0. The number of esters is 1. The fourth-order valence-electron chi connectivity index (χ4n) is 6.51. The van der Waals surface area contributed by atoms with Gasteiger partial charge in [0.1, 0.15) is 6.10 Å². The Hall–Kier alpha value is -2.41. The molecule has 2 saturated heterocycles. The summed E-state index contributed by atoms with van der Waals surface area (Å²) in [5.41, 5.74) is 2.89. The number of fused-ring (bicyclic) bond motifs is 2. The van der Waals surface area contributed by atoms with Crippen molar-refractivity contribution in [2.75, 3.05) is 37.6 Å². The zero-order valence-corrected chi connectivity index (χ0v) is 19.0. The van der Waals surface area contributed by atoms with Gasteiger partial charge in [0.05, 0.1) is 10.8 Å². The molecular formula is C25H33N3O4. The minimum absolute atomic E-state index is 0.0236. The van der Waals surface area contributed by atoms with Gasteiger partial charge in [0, 0.05) is 56.5 Å². The summed E-state index contributed by atoms with van der Waals surface area (Å²) in [5.74, 6) is 0.719. The average molecular weight is 440 g/mol. The van der Waals surface area contributed by atoms with Crippen LogP contribution in [0.25, 0.3) is 0 Å². The number of piperazine rings is 1. The number of benzene rings is 1. The lowest BCUT2D eigenvalue weighted by Gasteiger charge is -2.46. The highest BCUT2D eigenvalue weighted by Gasteiger charge is 2.52. The second-order valence-electron chi connectivity index (χ2n) is 10.4. The van der Waals surface area contributed by atoms with Gasteiger partial charge in [0.25, 0.3) is 5.69 Å². The summed E-state index contributed by atoms with van der Waals surface area (Å²) in [7, 11) is 0. The van der Waals surface area contributed by atoms with Gasteiger partial charge in [0.15, 0.2) is 0 Å². The smallest absolute Gasteiger partial charge is 0.311 e. The zero-order valence-electron chi connectivity index (χ0n) is 19.0. The Morgan fingerprint density at radius 2 is 1.91 bits per heavy atom. The van der Waals surface area contributed by atoms with Crippen LogP contribution in [0.4, 0.5) is 11.4 Å². The third-order valence-corrected chi connectivity index (χ3v) is 8.33. The fraction of sp³-hybridized carbons (Fsp3) is 0.640. The molecule has 1 aromatic rings. The topological polar surface area (TPSA) is 75.9 Å². The van der Waals surface area contributed by atoms with E-state index in [1.165, 1.54) is 19.3 Å². The number of nitro groups is 1. The van der Waals surface area contributed by atoms with Gasteiger partial charge in [0.2, 0.25) is 0 Å². The molecule has 5 atom stereocenters. The normalized spacial score (nSPS) is 35.0. The maximum Gasteiger partial charge on any atom is 0.311 e. The Bertz CT molecular complexity index is 922. The molecule has 7 nitrogen and oxygen atoms in total. The van der Waals surface area contributed by atoms with E-state index in [4.69, 9.17) is 4.74 Å². The van der Waals surface area contributed by atoms with Gasteiger partial charge in [-0.3, -0.25) is 19.8 Å². The minimum atomic E-state index is -0.368. The van der Waals surface area contributed by atoms with Crippen LogP contribution in [0.15, 0.2) is 35.9 Å². The van der Waals surface area contributed by atoms with Crippen LogP contribution in [0.5, 0.6) is 0 Å². The number of allylic oxidation sites excluding steroid dienone is 1. The predicted octanol–water partition coefficient (Wildman–Crippen LogP) is 4.03. The van der Waals surface area contributed by atoms with Gasteiger partial charge in [-0.2, -0.15) is 0 Å². The van der Waals surface area contributed by atoms with Crippen molar-refractivity contribution in [1.29, 1.82) is 0 Å². The van der Waals surface area contributed by atoms with Crippen molar-refractivity contribution in [3.63, 3.8) is 0 Å². The van der Waals surface area contributed by atoms with Gasteiger partial charge >= 0.3 is 5.97 Å². The maximum atomic E-state index is 12.8. The molecule has 1 saturated carbocycles. The standard InChI is InChI=1S/C25H33N3O4/c1-17-4-3-9-25(2)15-23-20(14-22(17)25)21(24(29)32-23)16-26-10-12-27(13-11-26)18-5-7-19(8-6-18)28(30)31/h5-8,14,17,20-21,23H,3-4,9-13,15-16H2,1-2H3/t17-,20-,21+,23+,25-/m1/s1. The molecule has 0 amide bonds. The number of hydrogen-bond donors (Lipinski definition) is 0. The van der Waals surface area contributed by atoms with Gasteiger partial charge in [-0.15, -0.1) is 0 Å². The molecule has 2 heterocycles. The molecule has 0 N–H and O–H groups in total. The van der Waals surface area contributed by atoms with Gasteiger partial charge in [-0.25, -0.2) is 0 Å². The average Bonchev–Trinajstić information content (AvgIpc) is 3.06. The third kappa shape index (κ3) is 3.81. The van der Waals surface area contributed by atoms with E-state index in [1.807, 2.05) is 12.1 Å². The summed E-state index contributed by atoms with van der Waals surface area (Å²) in [6, 6.07) is 6.77. The second kappa shape index (κ2) is 8.18. The van der Waals surface area contributed by atoms with Crippen LogP contribution in [0.1, 0.15) is 39.5 Å². The van der Waals surface area contributed by atoms with Crippen LogP contribution in [0.3, 0.4) is 0 Å². The van der Waals surface area contributed by atoms with E-state index in [9.17, 15) is 14.9 Å². The first kappa shape index (κ1) is 21.4. The maximum absolute atomic E-state index is 12.8. The van der Waals surface area contributed by atoms with E-state index in [-0.39, 0.29) is 39.9 Å². The first-order valence-electron chi connectivity index (χ1n) is 12.0. The summed E-state index contributed by atoms with van der Waals surface area (Å²) >= 11 is 0. The number of hydrogen-bond acceptors (Lipinski definition) is 6. The molecule has 5 rings (SSSR count). The first-order valence-corrected chi connectivity index (χ1v) is 12.0. The third-order valence-electron chi connectivity index (χ3n) is 8.33. The molecule has 32 heavy (non-hydrogen) atoms. The Balaban J connectivity index is 1.23.